The Morgan fingerprint density at radius 3 is 1.15 bits per heavy atom. The van der Waals surface area contributed by atoms with Gasteiger partial charge in [-0.25, -0.2) is 0 Å². The molecule has 2 heterocycles. The highest BCUT2D eigenvalue weighted by Gasteiger charge is 2.16. The van der Waals surface area contributed by atoms with Crippen LogP contribution in [-0.4, -0.2) is 14.8 Å². The molecule has 0 saturated carbocycles. The Labute approximate surface area is 278 Å². The van der Waals surface area contributed by atoms with Crippen LogP contribution in [-0.2, 0) is 0 Å². The molecule has 226 valence electrons. The Morgan fingerprint density at radius 2 is 0.688 bits per heavy atom. The molecule has 0 aliphatic carbocycles. The first-order valence-corrected chi connectivity index (χ1v) is 16.1. The van der Waals surface area contributed by atoms with Gasteiger partial charge >= 0.3 is 0 Å². The van der Waals surface area contributed by atoms with Crippen LogP contribution in [0.25, 0.3) is 83.8 Å². The molecule has 7 aromatic carbocycles. The summed E-state index contributed by atoms with van der Waals surface area (Å²) in [6, 6.07) is 61.6. The third-order valence-corrected chi connectivity index (χ3v) is 9.02. The summed E-state index contributed by atoms with van der Waals surface area (Å²) >= 11 is 0. The molecule has 0 saturated heterocycles. The quantitative estimate of drug-likeness (QED) is 0.187. The highest BCUT2D eigenvalue weighted by atomic mass is 16.4. The number of hydrogen-bond donors (Lipinski definition) is 0. The van der Waals surface area contributed by atoms with Gasteiger partial charge in [0.1, 0.15) is 0 Å². The standard InChI is InChI=1S/C44H29N3O/c1-4-10-30(11-5-1)33-16-18-34(19-17-33)43-45-46-44(48-43)35-20-24-38(25-21-35)47-41-26-22-36(31-12-6-2-7-13-31)28-39(41)40-29-37(23-27-42(40)47)32-14-8-3-9-15-32/h1-29H. The average molecular weight is 616 g/mol. The van der Waals surface area contributed by atoms with Crippen molar-refractivity contribution in [2.45, 2.75) is 0 Å². The molecule has 0 bridgehead atoms. The summed E-state index contributed by atoms with van der Waals surface area (Å²) in [5, 5.41) is 11.2. The van der Waals surface area contributed by atoms with Crippen LogP contribution in [0.3, 0.4) is 0 Å². The molecule has 0 unspecified atom stereocenters. The molecule has 0 aliphatic heterocycles. The van der Waals surface area contributed by atoms with Crippen LogP contribution in [0.5, 0.6) is 0 Å². The fourth-order valence-corrected chi connectivity index (χ4v) is 6.57. The van der Waals surface area contributed by atoms with Gasteiger partial charge in [0.25, 0.3) is 0 Å². The van der Waals surface area contributed by atoms with E-state index in [4.69, 9.17) is 4.42 Å². The monoisotopic (exact) mass is 615 g/mol. The lowest BCUT2D eigenvalue weighted by Crippen LogP contribution is -1.94. The Bertz CT molecular complexity index is 2420. The van der Waals surface area contributed by atoms with E-state index in [2.05, 4.69) is 160 Å². The van der Waals surface area contributed by atoms with E-state index in [1.165, 1.54) is 38.6 Å². The molecule has 0 spiro atoms. The maximum absolute atomic E-state index is 6.15. The van der Waals surface area contributed by atoms with Crippen LogP contribution in [0.2, 0.25) is 0 Å². The first-order chi connectivity index (χ1) is 23.8. The molecule has 2 aromatic heterocycles. The largest absolute Gasteiger partial charge is 0.416 e. The fourth-order valence-electron chi connectivity index (χ4n) is 6.57. The fraction of sp³-hybridized carbons (Fsp3) is 0. The third-order valence-electron chi connectivity index (χ3n) is 9.02. The summed E-state index contributed by atoms with van der Waals surface area (Å²) in [5.41, 5.74) is 12.3. The van der Waals surface area contributed by atoms with Crippen molar-refractivity contribution >= 4 is 21.8 Å². The van der Waals surface area contributed by atoms with Gasteiger partial charge in [-0.15, -0.1) is 10.2 Å². The summed E-state index contributed by atoms with van der Waals surface area (Å²) in [4.78, 5) is 0. The van der Waals surface area contributed by atoms with Crippen molar-refractivity contribution in [1.82, 2.24) is 14.8 Å². The molecular weight excluding hydrogens is 587 g/mol. The van der Waals surface area contributed by atoms with E-state index in [1.54, 1.807) is 0 Å². The Hall–Kier alpha value is -6.52. The first-order valence-electron chi connectivity index (χ1n) is 16.1. The second kappa shape index (κ2) is 11.7. The van der Waals surface area contributed by atoms with Crippen molar-refractivity contribution in [3.8, 4) is 62.0 Å². The lowest BCUT2D eigenvalue weighted by atomic mass is 10.0. The van der Waals surface area contributed by atoms with Crippen LogP contribution in [0.1, 0.15) is 0 Å². The van der Waals surface area contributed by atoms with Crippen LogP contribution in [0.15, 0.2) is 180 Å². The van der Waals surface area contributed by atoms with E-state index in [0.29, 0.717) is 11.8 Å². The second-order valence-corrected chi connectivity index (χ2v) is 11.9. The molecule has 0 amide bonds. The van der Waals surface area contributed by atoms with E-state index in [0.717, 1.165) is 33.4 Å². The van der Waals surface area contributed by atoms with Gasteiger partial charge in [0, 0.05) is 27.6 Å². The van der Waals surface area contributed by atoms with E-state index in [-0.39, 0.29) is 0 Å². The van der Waals surface area contributed by atoms with Crippen LogP contribution in [0.4, 0.5) is 0 Å². The molecule has 48 heavy (non-hydrogen) atoms. The highest BCUT2D eigenvalue weighted by molar-refractivity contribution is 6.11. The van der Waals surface area contributed by atoms with E-state index in [1.807, 2.05) is 30.3 Å². The highest BCUT2D eigenvalue weighted by Crippen LogP contribution is 2.37. The zero-order valence-corrected chi connectivity index (χ0v) is 26.0. The van der Waals surface area contributed by atoms with Crippen molar-refractivity contribution < 1.29 is 4.42 Å². The number of hydrogen-bond acceptors (Lipinski definition) is 3. The van der Waals surface area contributed by atoms with Crippen LogP contribution < -0.4 is 0 Å². The Kier molecular flexibility index (Phi) is 6.76. The summed E-state index contributed by atoms with van der Waals surface area (Å²) in [6.45, 7) is 0. The zero-order valence-electron chi connectivity index (χ0n) is 26.0. The Balaban J connectivity index is 1.09. The van der Waals surface area contributed by atoms with E-state index in [9.17, 15) is 0 Å². The second-order valence-electron chi connectivity index (χ2n) is 11.9. The van der Waals surface area contributed by atoms with Gasteiger partial charge in [-0.1, -0.05) is 115 Å². The maximum Gasteiger partial charge on any atom is 0.248 e. The number of nitrogens with zero attached hydrogens (tertiary/aromatic N) is 3. The van der Waals surface area contributed by atoms with Gasteiger partial charge in [0.2, 0.25) is 11.8 Å². The van der Waals surface area contributed by atoms with Crippen LogP contribution >= 0.6 is 0 Å². The minimum atomic E-state index is 0.492. The SMILES string of the molecule is c1ccc(-c2ccc(-c3nnc(-c4ccc(-n5c6ccc(-c7ccccc7)cc6c6cc(-c7ccccc7)ccc65)cc4)o3)cc2)cc1. The topological polar surface area (TPSA) is 43.9 Å². The Morgan fingerprint density at radius 1 is 0.333 bits per heavy atom. The summed E-state index contributed by atoms with van der Waals surface area (Å²) in [5.74, 6) is 0.991. The van der Waals surface area contributed by atoms with Gasteiger partial charge in [-0.3, -0.25) is 0 Å². The molecule has 0 aliphatic rings. The first kappa shape index (κ1) is 27.8. The number of rotatable bonds is 6. The van der Waals surface area contributed by atoms with Gasteiger partial charge < -0.3 is 8.98 Å². The number of aromatic nitrogens is 3. The molecular formula is C44H29N3O. The minimum absolute atomic E-state index is 0.492. The number of fused-ring (bicyclic) bond motifs is 3. The molecule has 0 radical (unpaired) electrons. The summed E-state index contributed by atoms with van der Waals surface area (Å²) < 4.78 is 8.49. The molecule has 4 nitrogen and oxygen atoms in total. The predicted octanol–water partition coefficient (Wildman–Crippen LogP) is 11.5. The van der Waals surface area contributed by atoms with Gasteiger partial charge in [0.05, 0.1) is 11.0 Å². The van der Waals surface area contributed by atoms with Crippen molar-refractivity contribution in [3.05, 3.63) is 176 Å². The van der Waals surface area contributed by atoms with Gasteiger partial charge in [0.15, 0.2) is 0 Å². The van der Waals surface area contributed by atoms with Crippen molar-refractivity contribution in [2.75, 3.05) is 0 Å². The van der Waals surface area contributed by atoms with E-state index >= 15 is 0 Å². The van der Waals surface area contributed by atoms with Crippen molar-refractivity contribution in [1.29, 1.82) is 0 Å². The van der Waals surface area contributed by atoms with Crippen molar-refractivity contribution in [3.63, 3.8) is 0 Å². The molecule has 0 N–H and O–H groups in total. The van der Waals surface area contributed by atoms with Gasteiger partial charge in [-0.05, 0) is 94.0 Å². The van der Waals surface area contributed by atoms with Crippen LogP contribution in [0, 0.1) is 0 Å². The summed E-state index contributed by atoms with van der Waals surface area (Å²) in [6.07, 6.45) is 0. The lowest BCUT2D eigenvalue weighted by Gasteiger charge is -2.09. The zero-order chi connectivity index (χ0) is 31.9. The molecule has 4 heteroatoms. The smallest absolute Gasteiger partial charge is 0.248 e. The minimum Gasteiger partial charge on any atom is -0.416 e. The summed E-state index contributed by atoms with van der Waals surface area (Å²) in [7, 11) is 0. The molecule has 9 rings (SSSR count). The maximum atomic E-state index is 6.15. The molecule has 0 fully saturated rings. The molecule has 0 atom stereocenters. The third kappa shape index (κ3) is 4.97. The normalized spacial score (nSPS) is 11.3. The molecule has 9 aromatic rings. The lowest BCUT2D eigenvalue weighted by molar-refractivity contribution is 0.584. The van der Waals surface area contributed by atoms with Crippen molar-refractivity contribution in [2.24, 2.45) is 0 Å². The van der Waals surface area contributed by atoms with E-state index < -0.39 is 0 Å². The number of benzene rings is 7. The predicted molar refractivity (Wildman–Crippen MR) is 196 cm³/mol. The average Bonchev–Trinajstić information content (AvgIpc) is 3.79. The van der Waals surface area contributed by atoms with Gasteiger partial charge in [-0.2, -0.15) is 0 Å².